The molecule has 0 spiro atoms. The predicted molar refractivity (Wildman–Crippen MR) is 43.7 cm³/mol. The van der Waals surface area contributed by atoms with E-state index in [-0.39, 0.29) is 0 Å². The Balaban J connectivity index is 3.03. The minimum atomic E-state index is 0.534. The molecule has 0 aliphatic heterocycles. The third-order valence-corrected chi connectivity index (χ3v) is 0.910. The lowest BCUT2D eigenvalue weighted by atomic mass is 10.3. The molecule has 0 unspecified atom stereocenters. The molecule has 0 aliphatic carbocycles. The van der Waals surface area contributed by atoms with E-state index in [1.165, 1.54) is 0 Å². The number of ether oxygens (including phenoxy) is 1. The van der Waals surface area contributed by atoms with Gasteiger partial charge >= 0.3 is 0 Å². The summed E-state index contributed by atoms with van der Waals surface area (Å²) in [5, 5.41) is 0. The lowest BCUT2D eigenvalue weighted by Gasteiger charge is -1.89. The van der Waals surface area contributed by atoms with Crippen molar-refractivity contribution < 1.29 is 4.74 Å². The zero-order valence-corrected chi connectivity index (χ0v) is 6.52. The second kappa shape index (κ2) is 8.26. The summed E-state index contributed by atoms with van der Waals surface area (Å²) in [6.45, 7) is 6.76. The number of hydrogen-bond donors (Lipinski definition) is 0. The van der Waals surface area contributed by atoms with Crippen molar-refractivity contribution >= 4 is 0 Å². The van der Waals surface area contributed by atoms with Crippen LogP contribution in [0, 0.1) is 11.8 Å². The van der Waals surface area contributed by atoms with Crippen LogP contribution in [0.15, 0.2) is 12.7 Å². The van der Waals surface area contributed by atoms with Gasteiger partial charge in [-0.3, -0.25) is 0 Å². The second-order valence-corrected chi connectivity index (χ2v) is 1.91. The van der Waals surface area contributed by atoms with Crippen molar-refractivity contribution in [3.63, 3.8) is 0 Å². The topological polar surface area (TPSA) is 9.23 Å². The fourth-order valence-electron chi connectivity index (χ4n) is 0.458. The molecule has 0 aromatic rings. The Morgan fingerprint density at radius 1 is 1.50 bits per heavy atom. The normalized spacial score (nSPS) is 8.10. The van der Waals surface area contributed by atoms with Gasteiger partial charge in [0.05, 0.1) is 6.61 Å². The van der Waals surface area contributed by atoms with Gasteiger partial charge in [0.2, 0.25) is 0 Å². The Labute approximate surface area is 63.1 Å². The van der Waals surface area contributed by atoms with Crippen molar-refractivity contribution in [3.05, 3.63) is 12.7 Å². The predicted octanol–water partition coefficient (Wildman–Crippen LogP) is 1.99. The highest BCUT2D eigenvalue weighted by atomic mass is 16.5. The largest absolute Gasteiger partial charge is 0.365 e. The van der Waals surface area contributed by atoms with E-state index in [2.05, 4.69) is 25.3 Å². The van der Waals surface area contributed by atoms with Gasteiger partial charge in [0.15, 0.2) is 0 Å². The summed E-state index contributed by atoms with van der Waals surface area (Å²) in [4.78, 5) is 0. The van der Waals surface area contributed by atoms with Gasteiger partial charge < -0.3 is 4.74 Å². The fraction of sp³-hybridized carbons (Fsp3) is 0.556. The van der Waals surface area contributed by atoms with Crippen molar-refractivity contribution in [2.45, 2.75) is 19.8 Å². The zero-order valence-electron chi connectivity index (χ0n) is 6.52. The van der Waals surface area contributed by atoms with Crippen LogP contribution in [-0.2, 0) is 4.74 Å². The van der Waals surface area contributed by atoms with Gasteiger partial charge in [-0.25, -0.2) is 0 Å². The summed E-state index contributed by atoms with van der Waals surface area (Å²) >= 11 is 0. The number of unbranched alkanes of at least 4 members (excludes halogenated alkanes) is 1. The summed E-state index contributed by atoms with van der Waals surface area (Å²) in [6, 6.07) is 0. The molecule has 1 heteroatoms. The van der Waals surface area contributed by atoms with E-state index < -0.39 is 0 Å². The van der Waals surface area contributed by atoms with Crippen molar-refractivity contribution in [2.24, 2.45) is 0 Å². The summed E-state index contributed by atoms with van der Waals surface area (Å²) in [7, 11) is 0. The van der Waals surface area contributed by atoms with Crippen LogP contribution < -0.4 is 0 Å². The molecule has 0 aromatic heterocycles. The molecule has 0 bridgehead atoms. The van der Waals surface area contributed by atoms with E-state index in [1.54, 1.807) is 6.08 Å². The lowest BCUT2D eigenvalue weighted by molar-refractivity contribution is 0.199. The van der Waals surface area contributed by atoms with Gasteiger partial charge in [-0.15, -0.1) is 12.5 Å². The smallest absolute Gasteiger partial charge is 0.108 e. The van der Waals surface area contributed by atoms with Gasteiger partial charge in [-0.1, -0.05) is 18.9 Å². The SMILES string of the molecule is C=CCOCC#CCCC. The van der Waals surface area contributed by atoms with Crippen LogP contribution in [0.4, 0.5) is 0 Å². The minimum absolute atomic E-state index is 0.534. The molecule has 0 saturated heterocycles. The first-order valence-corrected chi connectivity index (χ1v) is 3.56. The molecule has 0 aromatic carbocycles. The summed E-state index contributed by atoms with van der Waals surface area (Å²) < 4.78 is 5.04. The summed E-state index contributed by atoms with van der Waals surface area (Å²) in [5.74, 6) is 5.89. The van der Waals surface area contributed by atoms with E-state index in [9.17, 15) is 0 Å². The van der Waals surface area contributed by atoms with Crippen molar-refractivity contribution in [1.82, 2.24) is 0 Å². The third-order valence-electron chi connectivity index (χ3n) is 0.910. The molecule has 0 radical (unpaired) electrons. The first-order valence-electron chi connectivity index (χ1n) is 3.56. The zero-order chi connectivity index (χ0) is 7.66. The molecule has 1 nitrogen and oxygen atoms in total. The molecule has 56 valence electrons. The molecule has 0 aliphatic rings. The molecule has 0 saturated carbocycles. The maximum Gasteiger partial charge on any atom is 0.108 e. The van der Waals surface area contributed by atoms with Crippen LogP contribution in [0.3, 0.4) is 0 Å². The van der Waals surface area contributed by atoms with E-state index >= 15 is 0 Å². The Morgan fingerprint density at radius 3 is 2.90 bits per heavy atom. The monoisotopic (exact) mass is 138 g/mol. The molecule has 10 heavy (non-hydrogen) atoms. The van der Waals surface area contributed by atoms with Crippen molar-refractivity contribution in [3.8, 4) is 11.8 Å². The Hall–Kier alpha value is -0.740. The van der Waals surface area contributed by atoms with E-state index in [4.69, 9.17) is 4.74 Å². The number of hydrogen-bond acceptors (Lipinski definition) is 1. The maximum absolute atomic E-state index is 5.04. The average Bonchev–Trinajstić information content (AvgIpc) is 1.97. The van der Waals surface area contributed by atoms with E-state index in [0.717, 1.165) is 12.8 Å². The van der Waals surface area contributed by atoms with E-state index in [0.29, 0.717) is 13.2 Å². The molecule has 0 rings (SSSR count). The Kier molecular flexibility index (Phi) is 7.65. The minimum Gasteiger partial charge on any atom is -0.365 e. The van der Waals surface area contributed by atoms with Gasteiger partial charge in [0.25, 0.3) is 0 Å². The van der Waals surface area contributed by atoms with Crippen LogP contribution in [0.25, 0.3) is 0 Å². The van der Waals surface area contributed by atoms with Gasteiger partial charge in [0, 0.05) is 6.42 Å². The Bertz CT molecular complexity index is 127. The highest BCUT2D eigenvalue weighted by Crippen LogP contribution is 1.81. The molecular formula is C9H14O. The van der Waals surface area contributed by atoms with Gasteiger partial charge in [-0.05, 0) is 6.42 Å². The van der Waals surface area contributed by atoms with Crippen molar-refractivity contribution in [2.75, 3.05) is 13.2 Å². The highest BCUT2D eigenvalue weighted by molar-refractivity contribution is 4.98. The standard InChI is InChI=1S/C9H14O/c1-3-5-6-7-9-10-8-4-2/h4H,2-3,5,8-9H2,1H3. The van der Waals surface area contributed by atoms with Crippen LogP contribution in [0.5, 0.6) is 0 Å². The van der Waals surface area contributed by atoms with Crippen LogP contribution >= 0.6 is 0 Å². The number of rotatable bonds is 4. The fourth-order valence-corrected chi connectivity index (χ4v) is 0.458. The van der Waals surface area contributed by atoms with Gasteiger partial charge in [-0.2, -0.15) is 0 Å². The highest BCUT2D eigenvalue weighted by Gasteiger charge is 1.74. The molecule has 0 amide bonds. The van der Waals surface area contributed by atoms with Crippen LogP contribution in [0.1, 0.15) is 19.8 Å². The summed E-state index contributed by atoms with van der Waals surface area (Å²) in [5.41, 5.74) is 0. The lowest BCUT2D eigenvalue weighted by Crippen LogP contribution is -1.89. The molecule has 0 atom stereocenters. The van der Waals surface area contributed by atoms with E-state index in [1.807, 2.05) is 0 Å². The van der Waals surface area contributed by atoms with Crippen molar-refractivity contribution in [1.29, 1.82) is 0 Å². The Morgan fingerprint density at radius 2 is 2.30 bits per heavy atom. The summed E-state index contributed by atoms with van der Waals surface area (Å²) in [6.07, 6.45) is 3.81. The average molecular weight is 138 g/mol. The first-order chi connectivity index (χ1) is 4.91. The molecular weight excluding hydrogens is 124 g/mol. The third kappa shape index (κ3) is 7.26. The van der Waals surface area contributed by atoms with Gasteiger partial charge in [0.1, 0.15) is 6.61 Å². The van der Waals surface area contributed by atoms with Crippen LogP contribution in [0.2, 0.25) is 0 Å². The molecule has 0 fully saturated rings. The first kappa shape index (κ1) is 9.26. The quantitative estimate of drug-likeness (QED) is 0.328. The van der Waals surface area contributed by atoms with Crippen LogP contribution in [-0.4, -0.2) is 13.2 Å². The molecule has 0 heterocycles. The maximum atomic E-state index is 5.04. The second-order valence-electron chi connectivity index (χ2n) is 1.91. The molecule has 0 N–H and O–H groups in total.